The minimum atomic E-state index is -0.653. The summed E-state index contributed by atoms with van der Waals surface area (Å²) < 4.78 is 8.24. The van der Waals surface area contributed by atoms with E-state index >= 15 is 0 Å². The number of benzene rings is 2. The number of esters is 1. The Hall–Kier alpha value is -2.49. The van der Waals surface area contributed by atoms with E-state index < -0.39 is 12.0 Å². The summed E-state index contributed by atoms with van der Waals surface area (Å²) in [6.07, 6.45) is 2.14. The van der Waals surface area contributed by atoms with E-state index in [-0.39, 0.29) is 11.3 Å². The van der Waals surface area contributed by atoms with Gasteiger partial charge in [-0.25, -0.2) is 9.79 Å². The third kappa shape index (κ3) is 4.00. The smallest absolute Gasteiger partial charge is 0.338 e. The van der Waals surface area contributed by atoms with Crippen LogP contribution in [0.1, 0.15) is 30.5 Å². The Morgan fingerprint density at radius 2 is 2.00 bits per heavy atom. The molecule has 1 aliphatic rings. The van der Waals surface area contributed by atoms with Crippen LogP contribution in [0.3, 0.4) is 0 Å². The minimum absolute atomic E-state index is 0.0307. The van der Waals surface area contributed by atoms with Gasteiger partial charge in [-0.05, 0) is 46.1 Å². The summed E-state index contributed by atoms with van der Waals surface area (Å²) >= 11 is 7.94. The summed E-state index contributed by atoms with van der Waals surface area (Å²) in [5.41, 5.74) is 1.92. The molecule has 0 aliphatic carbocycles. The summed E-state index contributed by atoms with van der Waals surface area (Å²) in [5, 5.41) is 10.4. The molecule has 0 saturated heterocycles. The van der Waals surface area contributed by atoms with Gasteiger partial charge in [-0.15, -0.1) is 0 Å². The number of ether oxygens (including phenoxy) is 1. The average molecular weight is 578 g/mol. The molecule has 1 aliphatic heterocycles. The van der Waals surface area contributed by atoms with E-state index in [4.69, 9.17) is 4.74 Å². The van der Waals surface area contributed by atoms with Crippen LogP contribution in [0.25, 0.3) is 6.08 Å². The zero-order valence-corrected chi connectivity index (χ0v) is 21.1. The van der Waals surface area contributed by atoms with E-state index in [0.29, 0.717) is 37.1 Å². The Balaban J connectivity index is 2.03. The van der Waals surface area contributed by atoms with Crippen molar-refractivity contribution in [1.29, 1.82) is 0 Å². The normalized spacial score (nSPS) is 16.0. The number of methoxy groups -OCH3 is 1. The van der Waals surface area contributed by atoms with Crippen LogP contribution in [0.2, 0.25) is 0 Å². The molecule has 0 fully saturated rings. The molecule has 4 rings (SSSR count). The average Bonchev–Trinajstić information content (AvgIpc) is 3.10. The highest BCUT2D eigenvalue weighted by Gasteiger charge is 2.33. The van der Waals surface area contributed by atoms with Crippen molar-refractivity contribution in [1.82, 2.24) is 4.57 Å². The fourth-order valence-corrected chi connectivity index (χ4v) is 5.92. The molecule has 6 nitrogen and oxygen atoms in total. The Labute approximate surface area is 204 Å². The Morgan fingerprint density at radius 3 is 2.66 bits per heavy atom. The number of halogens is 2. The van der Waals surface area contributed by atoms with E-state index in [1.807, 2.05) is 37.3 Å². The summed E-state index contributed by atoms with van der Waals surface area (Å²) in [4.78, 5) is 31.4. The fourth-order valence-electron chi connectivity index (χ4n) is 3.65. The number of nitrogens with zero attached hydrogens (tertiary/aromatic N) is 2. The SMILES string of the molecule is CCC1=C(C(=O)OC)[C@H](c2ccccc2)n2c(s/c(=C\c3cc(Br)cc(Br)c3O)c2=O)=N1. The molecule has 32 heavy (non-hydrogen) atoms. The van der Waals surface area contributed by atoms with E-state index in [2.05, 4.69) is 36.9 Å². The third-order valence-corrected chi connectivity index (χ3v) is 7.16. The van der Waals surface area contributed by atoms with Crippen LogP contribution in [0.4, 0.5) is 0 Å². The Kier molecular flexibility index (Phi) is 6.50. The lowest BCUT2D eigenvalue weighted by Crippen LogP contribution is -2.40. The predicted octanol–water partition coefficient (Wildman–Crippen LogP) is 4.03. The maximum absolute atomic E-state index is 13.5. The van der Waals surface area contributed by atoms with Gasteiger partial charge < -0.3 is 9.84 Å². The van der Waals surface area contributed by atoms with Gasteiger partial charge >= 0.3 is 5.97 Å². The number of hydrogen-bond acceptors (Lipinski definition) is 6. The maximum Gasteiger partial charge on any atom is 0.338 e. The van der Waals surface area contributed by atoms with Crippen molar-refractivity contribution in [2.45, 2.75) is 19.4 Å². The number of allylic oxidation sites excluding steroid dienone is 1. The van der Waals surface area contributed by atoms with Crippen molar-refractivity contribution < 1.29 is 14.6 Å². The molecule has 0 radical (unpaired) electrons. The number of thiazole rings is 1. The molecular formula is C23H18Br2N2O4S. The molecule has 1 aromatic heterocycles. The largest absolute Gasteiger partial charge is 0.506 e. The van der Waals surface area contributed by atoms with Crippen LogP contribution >= 0.6 is 43.2 Å². The number of phenolic OH excluding ortho intramolecular Hbond substituents is 1. The first-order valence-corrected chi connectivity index (χ1v) is 12.1. The molecule has 164 valence electrons. The number of phenols is 1. The zero-order valence-electron chi connectivity index (χ0n) is 17.1. The standard InChI is InChI=1S/C23H18Br2N2O4S/c1-3-16-18(22(30)31-2)19(12-7-5-4-6-8-12)27-21(29)17(32-23(27)26-16)10-13-9-14(24)11-15(25)20(13)28/h4-11,19,28H,3H2,1-2H3/b17-10-/t19-/m0/s1. The van der Waals surface area contributed by atoms with Crippen molar-refractivity contribution in [3.05, 3.63) is 93.5 Å². The molecule has 0 amide bonds. The summed E-state index contributed by atoms with van der Waals surface area (Å²) in [7, 11) is 1.32. The maximum atomic E-state index is 13.5. The monoisotopic (exact) mass is 576 g/mol. The molecule has 1 atom stereocenters. The lowest BCUT2D eigenvalue weighted by Gasteiger charge is -2.25. The lowest BCUT2D eigenvalue weighted by molar-refractivity contribution is -0.136. The molecule has 2 aromatic carbocycles. The molecule has 0 spiro atoms. The van der Waals surface area contributed by atoms with Crippen molar-refractivity contribution in [3.8, 4) is 5.75 Å². The van der Waals surface area contributed by atoms with Crippen molar-refractivity contribution in [2.75, 3.05) is 7.11 Å². The molecular weight excluding hydrogens is 560 g/mol. The highest BCUT2D eigenvalue weighted by molar-refractivity contribution is 9.11. The topological polar surface area (TPSA) is 80.9 Å². The highest BCUT2D eigenvalue weighted by Crippen LogP contribution is 2.33. The van der Waals surface area contributed by atoms with E-state index in [9.17, 15) is 14.7 Å². The van der Waals surface area contributed by atoms with Crippen molar-refractivity contribution >= 4 is 55.2 Å². The minimum Gasteiger partial charge on any atom is -0.506 e. The molecule has 0 bridgehead atoms. The van der Waals surface area contributed by atoms with Gasteiger partial charge in [0.15, 0.2) is 4.80 Å². The first kappa shape index (κ1) is 22.7. The van der Waals surface area contributed by atoms with Crippen LogP contribution in [-0.2, 0) is 9.53 Å². The number of carbonyl (C=O) groups is 1. The fraction of sp³-hybridized carbons (Fsp3) is 0.174. The van der Waals surface area contributed by atoms with Crippen LogP contribution in [0.5, 0.6) is 5.75 Å². The van der Waals surface area contributed by atoms with Gasteiger partial charge in [0, 0.05) is 10.0 Å². The predicted molar refractivity (Wildman–Crippen MR) is 130 cm³/mol. The number of aromatic hydroxyl groups is 1. The van der Waals surface area contributed by atoms with E-state index in [1.54, 1.807) is 18.2 Å². The third-order valence-electron chi connectivity index (χ3n) is 5.11. The number of fused-ring (bicyclic) bond motifs is 1. The van der Waals surface area contributed by atoms with Crippen molar-refractivity contribution in [2.24, 2.45) is 4.99 Å². The quantitative estimate of drug-likeness (QED) is 0.475. The number of carbonyl (C=O) groups excluding carboxylic acids is 1. The molecule has 9 heteroatoms. The number of aromatic nitrogens is 1. The summed E-state index contributed by atoms with van der Waals surface area (Å²) in [5.74, 6) is -0.481. The van der Waals surface area contributed by atoms with Gasteiger partial charge in [0.1, 0.15) is 5.75 Å². The van der Waals surface area contributed by atoms with Gasteiger partial charge in [0.05, 0.1) is 33.4 Å². The summed E-state index contributed by atoms with van der Waals surface area (Å²) in [6, 6.07) is 12.2. The highest BCUT2D eigenvalue weighted by atomic mass is 79.9. The first-order chi connectivity index (χ1) is 15.3. The van der Waals surface area contributed by atoms with Gasteiger partial charge in [0.25, 0.3) is 5.56 Å². The van der Waals surface area contributed by atoms with Gasteiger partial charge in [-0.3, -0.25) is 9.36 Å². The van der Waals surface area contributed by atoms with Crippen LogP contribution in [-0.4, -0.2) is 22.8 Å². The lowest BCUT2D eigenvalue weighted by atomic mass is 9.95. The van der Waals surface area contributed by atoms with E-state index in [0.717, 1.165) is 10.0 Å². The molecule has 0 saturated carbocycles. The van der Waals surface area contributed by atoms with Gasteiger partial charge in [-0.1, -0.05) is 64.5 Å². The van der Waals surface area contributed by atoms with Crippen LogP contribution in [0.15, 0.2) is 72.5 Å². The molecule has 3 aromatic rings. The second-order valence-corrected chi connectivity index (χ2v) is 9.80. The molecule has 1 N–H and O–H groups in total. The second kappa shape index (κ2) is 9.17. The zero-order chi connectivity index (χ0) is 23.0. The van der Waals surface area contributed by atoms with Gasteiger partial charge in [0.2, 0.25) is 0 Å². The molecule has 2 heterocycles. The second-order valence-electron chi connectivity index (χ2n) is 7.02. The van der Waals surface area contributed by atoms with Crippen LogP contribution < -0.4 is 14.9 Å². The van der Waals surface area contributed by atoms with Crippen molar-refractivity contribution in [3.63, 3.8) is 0 Å². The molecule has 0 unspecified atom stereocenters. The Morgan fingerprint density at radius 1 is 1.28 bits per heavy atom. The first-order valence-electron chi connectivity index (χ1n) is 9.71. The summed E-state index contributed by atoms with van der Waals surface area (Å²) in [6.45, 7) is 1.91. The van der Waals surface area contributed by atoms with E-state index in [1.165, 1.54) is 23.0 Å². The number of rotatable bonds is 4. The number of hydrogen-bond donors (Lipinski definition) is 1. The Bertz CT molecular complexity index is 1420. The van der Waals surface area contributed by atoms with Gasteiger partial charge in [-0.2, -0.15) is 0 Å². The van der Waals surface area contributed by atoms with Crippen LogP contribution in [0, 0.1) is 0 Å².